The summed E-state index contributed by atoms with van der Waals surface area (Å²) in [6.07, 6.45) is 1.03. The minimum absolute atomic E-state index is 0.147. The van der Waals surface area contributed by atoms with Gasteiger partial charge in [0.1, 0.15) is 0 Å². The highest BCUT2D eigenvalue weighted by atomic mass is 16.4. The van der Waals surface area contributed by atoms with E-state index in [4.69, 9.17) is 5.11 Å². The van der Waals surface area contributed by atoms with Crippen LogP contribution in [0.4, 0.5) is 0 Å². The molecular formula is C11H23NO2. The first-order valence-corrected chi connectivity index (χ1v) is 5.18. The van der Waals surface area contributed by atoms with Gasteiger partial charge in [0, 0.05) is 6.04 Å². The third kappa shape index (κ3) is 6.89. The Morgan fingerprint density at radius 3 is 2.14 bits per heavy atom. The Bertz CT molecular complexity index is 182. The molecule has 3 nitrogen and oxygen atoms in total. The number of nitrogens with zero attached hydrogens (tertiary/aromatic N) is 1. The van der Waals surface area contributed by atoms with E-state index in [9.17, 15) is 4.79 Å². The second-order valence-corrected chi connectivity index (χ2v) is 5.27. The molecule has 0 aromatic rings. The van der Waals surface area contributed by atoms with Gasteiger partial charge in [-0.1, -0.05) is 20.8 Å². The molecule has 0 rings (SSSR count). The first-order chi connectivity index (χ1) is 6.22. The van der Waals surface area contributed by atoms with Crippen LogP contribution in [0, 0.1) is 5.41 Å². The van der Waals surface area contributed by atoms with Crippen molar-refractivity contribution in [2.45, 2.75) is 47.1 Å². The summed E-state index contributed by atoms with van der Waals surface area (Å²) in [4.78, 5) is 12.6. The quantitative estimate of drug-likeness (QED) is 0.741. The van der Waals surface area contributed by atoms with E-state index in [0.717, 1.165) is 13.0 Å². The Morgan fingerprint density at radius 1 is 1.36 bits per heavy atom. The van der Waals surface area contributed by atoms with Gasteiger partial charge in [-0.2, -0.15) is 0 Å². The highest BCUT2D eigenvalue weighted by Crippen LogP contribution is 2.19. The maximum Gasteiger partial charge on any atom is 0.317 e. The van der Waals surface area contributed by atoms with Crippen LogP contribution in [0.3, 0.4) is 0 Å². The zero-order chi connectivity index (χ0) is 11.4. The van der Waals surface area contributed by atoms with Crippen molar-refractivity contribution >= 4 is 5.97 Å². The molecule has 14 heavy (non-hydrogen) atoms. The van der Waals surface area contributed by atoms with Crippen molar-refractivity contribution < 1.29 is 9.90 Å². The third-order valence-corrected chi connectivity index (χ3v) is 2.22. The molecule has 0 bridgehead atoms. The maximum atomic E-state index is 10.6. The van der Waals surface area contributed by atoms with E-state index in [-0.39, 0.29) is 12.0 Å². The summed E-state index contributed by atoms with van der Waals surface area (Å²) >= 11 is 0. The molecular weight excluding hydrogens is 178 g/mol. The second kappa shape index (κ2) is 5.35. The summed E-state index contributed by atoms with van der Waals surface area (Å²) in [7, 11) is 0. The molecule has 0 spiro atoms. The van der Waals surface area contributed by atoms with Crippen LogP contribution in [-0.2, 0) is 4.79 Å². The van der Waals surface area contributed by atoms with Crippen molar-refractivity contribution in [2.24, 2.45) is 5.41 Å². The molecule has 0 fully saturated rings. The summed E-state index contributed by atoms with van der Waals surface area (Å²) in [5.74, 6) is -0.743. The Labute approximate surface area is 87.1 Å². The summed E-state index contributed by atoms with van der Waals surface area (Å²) in [6.45, 7) is 11.6. The smallest absolute Gasteiger partial charge is 0.317 e. The van der Waals surface area contributed by atoms with Crippen LogP contribution in [0.2, 0.25) is 0 Å². The Hall–Kier alpha value is -0.570. The van der Waals surface area contributed by atoms with Crippen LogP contribution in [0.15, 0.2) is 0 Å². The molecule has 0 amide bonds. The molecule has 0 aliphatic carbocycles. The predicted octanol–water partition coefficient (Wildman–Crippen LogP) is 2.22. The minimum atomic E-state index is -0.743. The topological polar surface area (TPSA) is 40.5 Å². The van der Waals surface area contributed by atoms with Crippen LogP contribution in [-0.4, -0.2) is 35.1 Å². The van der Waals surface area contributed by atoms with Crippen LogP contribution in [0.25, 0.3) is 0 Å². The summed E-state index contributed by atoms with van der Waals surface area (Å²) in [6, 6.07) is 0.299. The number of aliphatic carboxylic acids is 1. The maximum absolute atomic E-state index is 10.6. The average molecular weight is 201 g/mol. The SMILES string of the molecule is CC(C)N(CCC(C)(C)C)CC(=O)O. The molecule has 0 aliphatic rings. The van der Waals surface area contributed by atoms with Crippen molar-refractivity contribution in [3.8, 4) is 0 Å². The molecule has 0 saturated heterocycles. The summed E-state index contributed by atoms with van der Waals surface area (Å²) < 4.78 is 0. The van der Waals surface area contributed by atoms with Gasteiger partial charge in [0.15, 0.2) is 0 Å². The normalized spacial score (nSPS) is 12.5. The lowest BCUT2D eigenvalue weighted by Crippen LogP contribution is -2.37. The van der Waals surface area contributed by atoms with Gasteiger partial charge >= 0.3 is 5.97 Å². The second-order valence-electron chi connectivity index (χ2n) is 5.27. The number of carbonyl (C=O) groups is 1. The molecule has 84 valence electrons. The van der Waals surface area contributed by atoms with Gasteiger partial charge in [0.25, 0.3) is 0 Å². The number of carboxylic acids is 1. The molecule has 0 unspecified atom stereocenters. The van der Waals surface area contributed by atoms with E-state index < -0.39 is 5.97 Å². The van der Waals surface area contributed by atoms with Crippen molar-refractivity contribution in [1.29, 1.82) is 0 Å². The van der Waals surface area contributed by atoms with E-state index in [0.29, 0.717) is 6.04 Å². The highest BCUT2D eigenvalue weighted by molar-refractivity contribution is 5.69. The monoisotopic (exact) mass is 201 g/mol. The van der Waals surface area contributed by atoms with E-state index in [1.165, 1.54) is 0 Å². The Morgan fingerprint density at radius 2 is 1.86 bits per heavy atom. The van der Waals surface area contributed by atoms with Gasteiger partial charge in [0.05, 0.1) is 6.54 Å². The van der Waals surface area contributed by atoms with Crippen LogP contribution < -0.4 is 0 Å². The van der Waals surface area contributed by atoms with Gasteiger partial charge < -0.3 is 5.11 Å². The van der Waals surface area contributed by atoms with Crippen LogP contribution >= 0.6 is 0 Å². The lowest BCUT2D eigenvalue weighted by Gasteiger charge is -2.28. The van der Waals surface area contributed by atoms with Crippen molar-refractivity contribution in [3.05, 3.63) is 0 Å². The van der Waals surface area contributed by atoms with Gasteiger partial charge in [0.2, 0.25) is 0 Å². The third-order valence-electron chi connectivity index (χ3n) is 2.22. The number of hydrogen-bond donors (Lipinski definition) is 1. The fraction of sp³-hybridized carbons (Fsp3) is 0.909. The van der Waals surface area contributed by atoms with E-state index >= 15 is 0 Å². The zero-order valence-corrected chi connectivity index (χ0v) is 10.0. The minimum Gasteiger partial charge on any atom is -0.480 e. The molecule has 0 saturated carbocycles. The van der Waals surface area contributed by atoms with E-state index in [2.05, 4.69) is 20.8 Å². The van der Waals surface area contributed by atoms with Gasteiger partial charge in [-0.25, -0.2) is 0 Å². The molecule has 3 heteroatoms. The van der Waals surface area contributed by atoms with Crippen molar-refractivity contribution in [3.63, 3.8) is 0 Å². The highest BCUT2D eigenvalue weighted by Gasteiger charge is 2.17. The molecule has 0 heterocycles. The van der Waals surface area contributed by atoms with E-state index in [1.807, 2.05) is 18.7 Å². The molecule has 0 aromatic carbocycles. The van der Waals surface area contributed by atoms with Crippen LogP contribution in [0.1, 0.15) is 41.0 Å². The van der Waals surface area contributed by atoms with Crippen LogP contribution in [0.5, 0.6) is 0 Å². The summed E-state index contributed by atoms with van der Waals surface area (Å²) in [5, 5.41) is 8.72. The standard InChI is InChI=1S/C11H23NO2/c1-9(2)12(8-10(13)14)7-6-11(3,4)5/h9H,6-8H2,1-5H3,(H,13,14). The van der Waals surface area contributed by atoms with Gasteiger partial charge in [-0.3, -0.25) is 9.69 Å². The van der Waals surface area contributed by atoms with E-state index in [1.54, 1.807) is 0 Å². The lowest BCUT2D eigenvalue weighted by molar-refractivity contribution is -0.138. The number of carboxylic acid groups (broad SMARTS) is 1. The molecule has 1 N–H and O–H groups in total. The largest absolute Gasteiger partial charge is 0.480 e. The Kier molecular flexibility index (Phi) is 5.13. The predicted molar refractivity (Wildman–Crippen MR) is 58.4 cm³/mol. The Balaban J connectivity index is 4.04. The van der Waals surface area contributed by atoms with Gasteiger partial charge in [-0.05, 0) is 32.2 Å². The van der Waals surface area contributed by atoms with Crippen molar-refractivity contribution in [2.75, 3.05) is 13.1 Å². The molecule has 0 aromatic heterocycles. The molecule has 0 atom stereocenters. The van der Waals surface area contributed by atoms with Gasteiger partial charge in [-0.15, -0.1) is 0 Å². The molecule has 0 aliphatic heterocycles. The summed E-state index contributed by atoms with van der Waals surface area (Å²) in [5.41, 5.74) is 0.269. The zero-order valence-electron chi connectivity index (χ0n) is 10.0. The molecule has 0 radical (unpaired) electrons. The fourth-order valence-electron chi connectivity index (χ4n) is 1.17. The first kappa shape index (κ1) is 13.4. The fourth-order valence-corrected chi connectivity index (χ4v) is 1.17. The number of hydrogen-bond acceptors (Lipinski definition) is 2. The number of rotatable bonds is 5. The van der Waals surface area contributed by atoms with Crippen molar-refractivity contribution in [1.82, 2.24) is 4.90 Å². The lowest BCUT2D eigenvalue weighted by atomic mass is 9.92. The first-order valence-electron chi connectivity index (χ1n) is 5.18. The average Bonchev–Trinajstić information content (AvgIpc) is 1.94.